The standard InChI is InChI=1S/C3H6O7S/c1-3(6,2(4)5)10-11(7,8)9/h6H,1H3,(H,4,5)(H,7,8,9). The summed E-state index contributed by atoms with van der Waals surface area (Å²) in [6.07, 6.45) is 0. The van der Waals surface area contributed by atoms with E-state index in [0.717, 1.165) is 0 Å². The molecule has 0 fully saturated rings. The van der Waals surface area contributed by atoms with E-state index in [9.17, 15) is 13.2 Å². The molecule has 0 aromatic heterocycles. The molecule has 0 spiro atoms. The van der Waals surface area contributed by atoms with Crippen LogP contribution in [0.3, 0.4) is 0 Å². The molecule has 1 atom stereocenters. The lowest BCUT2D eigenvalue weighted by atomic mass is 10.3. The van der Waals surface area contributed by atoms with Crippen LogP contribution in [-0.4, -0.2) is 34.9 Å². The zero-order valence-electron chi connectivity index (χ0n) is 5.38. The smallest absolute Gasteiger partial charge is 0.400 e. The Hall–Kier alpha value is -0.700. The Bertz CT molecular complexity index is 249. The van der Waals surface area contributed by atoms with Gasteiger partial charge in [-0.2, -0.15) is 8.42 Å². The Balaban J connectivity index is 4.51. The Morgan fingerprint density at radius 3 is 2.00 bits per heavy atom. The predicted molar refractivity (Wildman–Crippen MR) is 30.9 cm³/mol. The summed E-state index contributed by atoms with van der Waals surface area (Å²) >= 11 is 0. The minimum Gasteiger partial charge on any atom is -0.477 e. The van der Waals surface area contributed by atoms with Crippen LogP contribution in [0.5, 0.6) is 0 Å². The molecule has 11 heavy (non-hydrogen) atoms. The molecular formula is C3H6O7S. The molecule has 7 nitrogen and oxygen atoms in total. The molecule has 0 amide bonds. The number of hydrogen-bond donors (Lipinski definition) is 3. The highest BCUT2D eigenvalue weighted by Gasteiger charge is 2.36. The monoisotopic (exact) mass is 186 g/mol. The molecular weight excluding hydrogens is 180 g/mol. The molecule has 0 bridgehead atoms. The summed E-state index contributed by atoms with van der Waals surface area (Å²) in [7, 11) is -4.96. The molecule has 1 unspecified atom stereocenters. The highest BCUT2D eigenvalue weighted by Crippen LogP contribution is 2.08. The molecule has 0 aromatic carbocycles. The number of rotatable bonds is 3. The van der Waals surface area contributed by atoms with Crippen LogP contribution in [0.1, 0.15) is 6.92 Å². The van der Waals surface area contributed by atoms with E-state index in [2.05, 4.69) is 4.18 Å². The first-order valence-corrected chi connectivity index (χ1v) is 3.65. The second-order valence-corrected chi connectivity index (χ2v) is 2.82. The van der Waals surface area contributed by atoms with Gasteiger partial charge in [-0.15, -0.1) is 0 Å². The molecule has 0 radical (unpaired) electrons. The first-order valence-electron chi connectivity index (χ1n) is 2.29. The van der Waals surface area contributed by atoms with E-state index >= 15 is 0 Å². The van der Waals surface area contributed by atoms with E-state index in [1.54, 1.807) is 0 Å². The summed E-state index contributed by atoms with van der Waals surface area (Å²) < 4.78 is 31.0. The van der Waals surface area contributed by atoms with E-state index in [1.165, 1.54) is 0 Å². The van der Waals surface area contributed by atoms with Crippen molar-refractivity contribution in [2.24, 2.45) is 0 Å². The van der Waals surface area contributed by atoms with E-state index < -0.39 is 22.2 Å². The van der Waals surface area contributed by atoms with Crippen LogP contribution in [0.15, 0.2) is 0 Å². The average molecular weight is 186 g/mol. The highest BCUT2D eigenvalue weighted by molar-refractivity contribution is 7.80. The minimum atomic E-state index is -4.96. The molecule has 0 aliphatic heterocycles. The van der Waals surface area contributed by atoms with Crippen molar-refractivity contribution in [1.82, 2.24) is 0 Å². The van der Waals surface area contributed by atoms with Gasteiger partial charge < -0.3 is 10.2 Å². The minimum absolute atomic E-state index is 0.559. The second kappa shape index (κ2) is 2.74. The topological polar surface area (TPSA) is 121 Å². The van der Waals surface area contributed by atoms with Crippen LogP contribution in [0.2, 0.25) is 0 Å². The summed E-state index contributed by atoms with van der Waals surface area (Å²) in [4.78, 5) is 9.95. The molecule has 0 aromatic rings. The lowest BCUT2D eigenvalue weighted by Crippen LogP contribution is -2.39. The molecule has 8 heteroatoms. The van der Waals surface area contributed by atoms with Crippen LogP contribution in [0.25, 0.3) is 0 Å². The van der Waals surface area contributed by atoms with Crippen molar-refractivity contribution in [3.63, 3.8) is 0 Å². The summed E-state index contributed by atoms with van der Waals surface area (Å²) in [5.41, 5.74) is 0. The first kappa shape index (κ1) is 10.3. The molecule has 0 heterocycles. The summed E-state index contributed by atoms with van der Waals surface area (Å²) in [5.74, 6) is -4.86. The van der Waals surface area contributed by atoms with E-state index in [-0.39, 0.29) is 0 Å². The Morgan fingerprint density at radius 2 is 1.91 bits per heavy atom. The molecule has 0 aliphatic carbocycles. The quantitative estimate of drug-likeness (QED) is 0.366. The van der Waals surface area contributed by atoms with Crippen molar-refractivity contribution >= 4 is 16.4 Å². The molecule has 0 saturated heterocycles. The van der Waals surface area contributed by atoms with Crippen LogP contribution in [0, 0.1) is 0 Å². The van der Waals surface area contributed by atoms with Crippen LogP contribution < -0.4 is 0 Å². The van der Waals surface area contributed by atoms with Gasteiger partial charge in [0, 0.05) is 6.92 Å². The van der Waals surface area contributed by atoms with Crippen molar-refractivity contribution in [3.8, 4) is 0 Å². The largest absolute Gasteiger partial charge is 0.477 e. The first-order chi connectivity index (χ1) is 4.65. The van der Waals surface area contributed by atoms with Crippen molar-refractivity contribution in [1.29, 1.82) is 0 Å². The molecule has 3 N–H and O–H groups in total. The van der Waals surface area contributed by atoms with E-state index in [1.807, 2.05) is 0 Å². The SMILES string of the molecule is CC(O)(OS(=O)(=O)O)C(=O)O. The Labute approximate surface area is 62.2 Å². The van der Waals surface area contributed by atoms with Gasteiger partial charge in [0.2, 0.25) is 0 Å². The average Bonchev–Trinajstić information content (AvgIpc) is 1.56. The molecule has 0 aliphatic rings. The number of carbonyl (C=O) groups is 1. The summed E-state index contributed by atoms with van der Waals surface area (Å²) in [6, 6.07) is 0. The van der Waals surface area contributed by atoms with E-state index in [4.69, 9.17) is 14.8 Å². The van der Waals surface area contributed by atoms with Gasteiger partial charge in [-0.05, 0) is 0 Å². The number of hydrogen-bond acceptors (Lipinski definition) is 5. The maximum absolute atomic E-state index is 9.95. The number of carboxylic acid groups (broad SMARTS) is 1. The lowest BCUT2D eigenvalue weighted by molar-refractivity contribution is -0.188. The van der Waals surface area contributed by atoms with E-state index in [0.29, 0.717) is 6.92 Å². The molecule has 0 rings (SSSR count). The van der Waals surface area contributed by atoms with Gasteiger partial charge in [0.25, 0.3) is 5.79 Å². The third kappa shape index (κ3) is 3.88. The summed E-state index contributed by atoms with van der Waals surface area (Å²) in [6.45, 7) is 0.559. The van der Waals surface area contributed by atoms with Crippen molar-refractivity contribution in [2.75, 3.05) is 0 Å². The lowest BCUT2D eigenvalue weighted by Gasteiger charge is -2.14. The fourth-order valence-corrected chi connectivity index (χ4v) is 0.722. The normalized spacial score (nSPS) is 17.4. The third-order valence-electron chi connectivity index (χ3n) is 0.664. The van der Waals surface area contributed by atoms with Gasteiger partial charge in [-0.1, -0.05) is 0 Å². The Morgan fingerprint density at radius 1 is 1.55 bits per heavy atom. The van der Waals surface area contributed by atoms with Gasteiger partial charge in [-0.25, -0.2) is 8.98 Å². The molecule has 0 saturated carbocycles. The maximum Gasteiger partial charge on any atom is 0.400 e. The fraction of sp³-hybridized carbons (Fsp3) is 0.667. The summed E-state index contributed by atoms with van der Waals surface area (Å²) in [5, 5.41) is 16.6. The number of carboxylic acids is 1. The van der Waals surface area contributed by atoms with Crippen molar-refractivity contribution in [3.05, 3.63) is 0 Å². The third-order valence-corrected chi connectivity index (χ3v) is 1.20. The zero-order valence-corrected chi connectivity index (χ0v) is 6.20. The van der Waals surface area contributed by atoms with Crippen LogP contribution in [-0.2, 0) is 19.4 Å². The van der Waals surface area contributed by atoms with Gasteiger partial charge in [0.15, 0.2) is 0 Å². The van der Waals surface area contributed by atoms with Gasteiger partial charge in [0.1, 0.15) is 0 Å². The fourth-order valence-electron chi connectivity index (χ4n) is 0.241. The zero-order chi connectivity index (χ0) is 9.28. The van der Waals surface area contributed by atoms with Gasteiger partial charge in [0.05, 0.1) is 0 Å². The van der Waals surface area contributed by atoms with Crippen LogP contribution in [0.4, 0.5) is 0 Å². The number of aliphatic carboxylic acids is 1. The highest BCUT2D eigenvalue weighted by atomic mass is 32.3. The van der Waals surface area contributed by atoms with Crippen molar-refractivity contribution < 1.29 is 32.2 Å². The maximum atomic E-state index is 9.95. The second-order valence-electron chi connectivity index (χ2n) is 1.80. The predicted octanol–water partition coefficient (Wildman–Crippen LogP) is -1.40. The Kier molecular flexibility index (Phi) is 2.56. The van der Waals surface area contributed by atoms with Crippen molar-refractivity contribution in [2.45, 2.75) is 12.7 Å². The molecule has 66 valence electrons. The van der Waals surface area contributed by atoms with Gasteiger partial charge >= 0.3 is 16.4 Å². The van der Waals surface area contributed by atoms with Crippen LogP contribution >= 0.6 is 0 Å². The van der Waals surface area contributed by atoms with Gasteiger partial charge in [-0.3, -0.25) is 4.55 Å². The number of aliphatic hydroxyl groups is 1.